The lowest BCUT2D eigenvalue weighted by Crippen LogP contribution is -2.24. The van der Waals surface area contributed by atoms with Crippen LogP contribution < -0.4 is 19.7 Å². The summed E-state index contributed by atoms with van der Waals surface area (Å²) in [6.07, 6.45) is 4.79. The Balaban J connectivity index is 1.35. The van der Waals surface area contributed by atoms with Crippen LogP contribution >= 0.6 is 0 Å². The van der Waals surface area contributed by atoms with E-state index in [2.05, 4.69) is 5.32 Å². The maximum absolute atomic E-state index is 12.2. The van der Waals surface area contributed by atoms with E-state index in [-0.39, 0.29) is 24.6 Å². The minimum Gasteiger partial charge on any atom is -0.454 e. The lowest BCUT2D eigenvalue weighted by atomic mass is 10.1. The topological polar surface area (TPSA) is 67.9 Å². The van der Waals surface area contributed by atoms with Gasteiger partial charge in [0.2, 0.25) is 18.6 Å². The van der Waals surface area contributed by atoms with E-state index in [1.54, 1.807) is 11.0 Å². The average Bonchev–Trinajstić information content (AvgIpc) is 3.34. The normalized spacial score (nSPS) is 16.6. The van der Waals surface area contributed by atoms with Crippen LogP contribution in [0, 0.1) is 0 Å². The van der Waals surface area contributed by atoms with Crippen LogP contribution in [0.5, 0.6) is 11.5 Å². The van der Waals surface area contributed by atoms with Gasteiger partial charge in [-0.25, -0.2) is 0 Å². The largest absolute Gasteiger partial charge is 0.454 e. The molecule has 2 amide bonds. The monoisotopic (exact) mass is 378 g/mol. The van der Waals surface area contributed by atoms with Gasteiger partial charge in [0.15, 0.2) is 11.5 Å². The molecule has 0 saturated carbocycles. The molecule has 1 N–H and O–H groups in total. The summed E-state index contributed by atoms with van der Waals surface area (Å²) in [6.45, 7) is 2.92. The third-order valence-electron chi connectivity index (χ3n) is 4.96. The smallest absolute Gasteiger partial charge is 0.244 e. The first-order valence-corrected chi connectivity index (χ1v) is 9.39. The summed E-state index contributed by atoms with van der Waals surface area (Å²) in [5.74, 6) is 1.41. The number of anilines is 1. The van der Waals surface area contributed by atoms with E-state index in [0.717, 1.165) is 35.5 Å². The first-order chi connectivity index (χ1) is 13.6. The molecule has 2 aromatic carbocycles. The Morgan fingerprint density at radius 1 is 1.14 bits per heavy atom. The second-order valence-corrected chi connectivity index (χ2v) is 6.92. The summed E-state index contributed by atoms with van der Waals surface area (Å²) in [5, 5.41) is 2.94. The third kappa shape index (κ3) is 3.86. The Labute approximate surface area is 163 Å². The van der Waals surface area contributed by atoms with Gasteiger partial charge >= 0.3 is 0 Å². The van der Waals surface area contributed by atoms with Crippen LogP contribution in [-0.4, -0.2) is 25.2 Å². The quantitative estimate of drug-likeness (QED) is 0.810. The fourth-order valence-electron chi connectivity index (χ4n) is 3.39. The summed E-state index contributed by atoms with van der Waals surface area (Å²) in [5.41, 5.74) is 2.76. The molecule has 2 aliphatic rings. The van der Waals surface area contributed by atoms with Gasteiger partial charge < -0.3 is 19.7 Å². The van der Waals surface area contributed by atoms with Crippen LogP contribution in [0.3, 0.4) is 0 Å². The predicted octanol–water partition coefficient (Wildman–Crippen LogP) is 3.43. The Kier molecular flexibility index (Phi) is 5.02. The first kappa shape index (κ1) is 18.1. The van der Waals surface area contributed by atoms with Crippen molar-refractivity contribution in [1.29, 1.82) is 0 Å². The third-order valence-corrected chi connectivity index (χ3v) is 4.96. The molecule has 0 bridgehead atoms. The molecule has 1 fully saturated rings. The van der Waals surface area contributed by atoms with Crippen molar-refractivity contribution in [3.8, 4) is 11.5 Å². The molecule has 4 rings (SSSR count). The number of rotatable bonds is 5. The predicted molar refractivity (Wildman–Crippen MR) is 106 cm³/mol. The number of nitrogens with one attached hydrogen (secondary N) is 1. The van der Waals surface area contributed by atoms with E-state index in [9.17, 15) is 9.59 Å². The first-order valence-electron chi connectivity index (χ1n) is 9.39. The number of carbonyl (C=O) groups excluding carboxylic acids is 2. The van der Waals surface area contributed by atoms with E-state index < -0.39 is 0 Å². The van der Waals surface area contributed by atoms with Crippen LogP contribution in [0.2, 0.25) is 0 Å². The Morgan fingerprint density at radius 3 is 2.68 bits per heavy atom. The maximum atomic E-state index is 12.2. The van der Waals surface area contributed by atoms with Gasteiger partial charge in [-0.1, -0.05) is 18.2 Å². The molecule has 2 heterocycles. The zero-order valence-corrected chi connectivity index (χ0v) is 15.7. The van der Waals surface area contributed by atoms with Gasteiger partial charge in [-0.3, -0.25) is 9.59 Å². The van der Waals surface area contributed by atoms with Crippen molar-refractivity contribution in [2.75, 3.05) is 18.2 Å². The number of hydrogen-bond acceptors (Lipinski definition) is 4. The lowest BCUT2D eigenvalue weighted by Gasteiger charge is -2.15. The second-order valence-electron chi connectivity index (χ2n) is 6.92. The van der Waals surface area contributed by atoms with E-state index in [4.69, 9.17) is 9.47 Å². The van der Waals surface area contributed by atoms with E-state index in [1.807, 2.05) is 49.4 Å². The maximum Gasteiger partial charge on any atom is 0.244 e. The molecule has 1 unspecified atom stereocenters. The fraction of sp³-hybridized carbons (Fsp3) is 0.273. The minimum atomic E-state index is -0.177. The van der Waals surface area contributed by atoms with E-state index in [1.165, 1.54) is 6.08 Å². The molecule has 28 heavy (non-hydrogen) atoms. The van der Waals surface area contributed by atoms with Gasteiger partial charge in [0.1, 0.15) is 0 Å². The summed E-state index contributed by atoms with van der Waals surface area (Å²) in [4.78, 5) is 25.8. The van der Waals surface area contributed by atoms with Crippen molar-refractivity contribution >= 4 is 23.6 Å². The fourth-order valence-corrected chi connectivity index (χ4v) is 3.39. The molecular formula is C22H22N2O4. The summed E-state index contributed by atoms with van der Waals surface area (Å²) in [7, 11) is 0. The van der Waals surface area contributed by atoms with Crippen molar-refractivity contribution < 1.29 is 19.1 Å². The van der Waals surface area contributed by atoms with Gasteiger partial charge in [-0.05, 0) is 54.8 Å². The summed E-state index contributed by atoms with van der Waals surface area (Å²) < 4.78 is 10.7. The van der Waals surface area contributed by atoms with Crippen molar-refractivity contribution in [3.63, 3.8) is 0 Å². The molecule has 6 nitrogen and oxygen atoms in total. The highest BCUT2D eigenvalue weighted by Crippen LogP contribution is 2.34. The second kappa shape index (κ2) is 7.76. The Hall–Kier alpha value is -3.28. The van der Waals surface area contributed by atoms with Crippen LogP contribution in [0.25, 0.3) is 6.08 Å². The standard InChI is InChI=1S/C22H22N2O4/c1-15(17-7-10-19-20(13-17)28-14-27-19)23-21(25)11-6-16-4-8-18(9-5-16)24-12-2-3-22(24)26/h4-11,13,15H,2-3,12,14H2,1H3,(H,23,25)/b11-6+. The van der Waals surface area contributed by atoms with Gasteiger partial charge in [0.05, 0.1) is 6.04 Å². The van der Waals surface area contributed by atoms with Crippen LogP contribution in [-0.2, 0) is 9.59 Å². The van der Waals surface area contributed by atoms with Gasteiger partial charge in [0, 0.05) is 24.7 Å². The number of ether oxygens (including phenoxy) is 2. The molecule has 0 aromatic heterocycles. The SMILES string of the molecule is CC(NC(=O)/C=C/c1ccc(N2CCCC2=O)cc1)c1ccc2c(c1)OCO2. The zero-order valence-electron chi connectivity index (χ0n) is 15.7. The van der Waals surface area contributed by atoms with Crippen LogP contribution in [0.1, 0.15) is 36.9 Å². The van der Waals surface area contributed by atoms with Crippen molar-refractivity contribution in [3.05, 3.63) is 59.7 Å². The van der Waals surface area contributed by atoms with Gasteiger partial charge in [-0.2, -0.15) is 0 Å². The molecule has 0 aliphatic carbocycles. The number of amides is 2. The van der Waals surface area contributed by atoms with Crippen molar-refractivity contribution in [2.45, 2.75) is 25.8 Å². The number of benzene rings is 2. The van der Waals surface area contributed by atoms with Crippen LogP contribution in [0.15, 0.2) is 48.5 Å². The van der Waals surface area contributed by atoms with Crippen LogP contribution in [0.4, 0.5) is 5.69 Å². The molecule has 6 heteroatoms. The molecule has 144 valence electrons. The number of carbonyl (C=O) groups is 2. The van der Waals surface area contributed by atoms with Crippen molar-refractivity contribution in [1.82, 2.24) is 5.32 Å². The molecule has 0 spiro atoms. The molecule has 1 saturated heterocycles. The summed E-state index contributed by atoms with van der Waals surface area (Å²) in [6, 6.07) is 13.1. The highest BCUT2D eigenvalue weighted by atomic mass is 16.7. The van der Waals surface area contributed by atoms with Gasteiger partial charge in [0.25, 0.3) is 0 Å². The Bertz CT molecular complexity index is 921. The zero-order chi connectivity index (χ0) is 19.5. The molecule has 1 atom stereocenters. The molecule has 0 radical (unpaired) electrons. The summed E-state index contributed by atoms with van der Waals surface area (Å²) >= 11 is 0. The molecular weight excluding hydrogens is 356 g/mol. The lowest BCUT2D eigenvalue weighted by molar-refractivity contribution is -0.117. The van der Waals surface area contributed by atoms with Gasteiger partial charge in [-0.15, -0.1) is 0 Å². The highest BCUT2D eigenvalue weighted by Gasteiger charge is 2.21. The molecule has 2 aliphatic heterocycles. The number of fused-ring (bicyclic) bond motifs is 1. The number of hydrogen-bond donors (Lipinski definition) is 1. The average molecular weight is 378 g/mol. The van der Waals surface area contributed by atoms with E-state index in [0.29, 0.717) is 12.2 Å². The molecule has 2 aromatic rings. The highest BCUT2D eigenvalue weighted by molar-refractivity contribution is 5.95. The number of nitrogens with zero attached hydrogens (tertiary/aromatic N) is 1. The minimum absolute atomic E-state index is 0.157. The van der Waals surface area contributed by atoms with E-state index >= 15 is 0 Å². The van der Waals surface area contributed by atoms with Crippen molar-refractivity contribution in [2.24, 2.45) is 0 Å². The Morgan fingerprint density at radius 2 is 1.93 bits per heavy atom.